The van der Waals surface area contributed by atoms with Gasteiger partial charge in [-0.3, -0.25) is 0 Å². The Hall–Kier alpha value is -0.830. The number of hydrogen-bond acceptors (Lipinski definition) is 2. The van der Waals surface area contributed by atoms with Gasteiger partial charge in [-0.25, -0.2) is 4.98 Å². The fraction of sp³-hybridized carbons (Fsp3) is 0.727. The van der Waals surface area contributed by atoms with Gasteiger partial charge in [0, 0.05) is 12.1 Å². The first-order valence-corrected chi connectivity index (χ1v) is 5.30. The quantitative estimate of drug-likeness (QED) is 0.772. The summed E-state index contributed by atoms with van der Waals surface area (Å²) >= 11 is 0. The summed E-state index contributed by atoms with van der Waals surface area (Å²) in [5.41, 5.74) is 7.96. The van der Waals surface area contributed by atoms with E-state index < -0.39 is 0 Å². The van der Waals surface area contributed by atoms with Gasteiger partial charge < -0.3 is 10.7 Å². The van der Waals surface area contributed by atoms with Crippen molar-refractivity contribution in [1.82, 2.24) is 9.97 Å². The molecule has 0 spiro atoms. The largest absolute Gasteiger partial charge is 0.346 e. The Morgan fingerprint density at radius 2 is 2.00 bits per heavy atom. The summed E-state index contributed by atoms with van der Waals surface area (Å²) in [6.07, 6.45) is 0.948. The second-order valence-electron chi connectivity index (χ2n) is 4.39. The third kappa shape index (κ3) is 2.58. The number of aryl methyl sites for hydroxylation is 1. The van der Waals surface area contributed by atoms with Gasteiger partial charge in [0.15, 0.2) is 0 Å². The summed E-state index contributed by atoms with van der Waals surface area (Å²) in [7, 11) is 0. The Labute approximate surface area is 86.1 Å². The lowest BCUT2D eigenvalue weighted by Gasteiger charge is -2.04. The van der Waals surface area contributed by atoms with Crippen molar-refractivity contribution in [2.75, 3.05) is 6.54 Å². The van der Waals surface area contributed by atoms with Crippen molar-refractivity contribution in [3.63, 3.8) is 0 Å². The average Bonchev–Trinajstić information content (AvgIpc) is 2.46. The third-order valence-corrected chi connectivity index (χ3v) is 2.46. The van der Waals surface area contributed by atoms with E-state index in [2.05, 4.69) is 37.7 Å². The Balaban J connectivity index is 2.75. The first-order valence-electron chi connectivity index (χ1n) is 5.30. The molecular formula is C11H21N3. The van der Waals surface area contributed by atoms with E-state index >= 15 is 0 Å². The highest BCUT2D eigenvalue weighted by Gasteiger charge is 2.11. The Kier molecular flexibility index (Phi) is 3.69. The summed E-state index contributed by atoms with van der Waals surface area (Å²) in [6.45, 7) is 9.28. The molecule has 1 aromatic heterocycles. The van der Waals surface area contributed by atoms with Crippen LogP contribution in [0.3, 0.4) is 0 Å². The zero-order chi connectivity index (χ0) is 10.7. The normalized spacial score (nSPS) is 13.6. The minimum atomic E-state index is 0.494. The lowest BCUT2D eigenvalue weighted by Crippen LogP contribution is -2.13. The lowest BCUT2D eigenvalue weighted by atomic mass is 10.1. The van der Waals surface area contributed by atoms with Crippen molar-refractivity contribution in [2.45, 2.75) is 40.0 Å². The van der Waals surface area contributed by atoms with Crippen molar-refractivity contribution in [3.05, 3.63) is 17.2 Å². The van der Waals surface area contributed by atoms with E-state index in [0.29, 0.717) is 11.8 Å². The van der Waals surface area contributed by atoms with Gasteiger partial charge in [0.05, 0.1) is 5.69 Å². The summed E-state index contributed by atoms with van der Waals surface area (Å²) in [4.78, 5) is 7.91. The lowest BCUT2D eigenvalue weighted by molar-refractivity contribution is 0.575. The SMILES string of the molecule is Cc1[nH]c(CC(C)CN)nc1C(C)C. The molecule has 0 saturated heterocycles. The molecule has 1 aromatic rings. The van der Waals surface area contributed by atoms with Crippen LogP contribution >= 0.6 is 0 Å². The van der Waals surface area contributed by atoms with E-state index in [1.165, 1.54) is 11.4 Å². The highest BCUT2D eigenvalue weighted by Crippen LogP contribution is 2.17. The van der Waals surface area contributed by atoms with Crippen LogP contribution in [0, 0.1) is 12.8 Å². The van der Waals surface area contributed by atoms with Crippen LogP contribution in [-0.4, -0.2) is 16.5 Å². The number of nitrogens with zero attached hydrogens (tertiary/aromatic N) is 1. The van der Waals surface area contributed by atoms with Gasteiger partial charge in [0.2, 0.25) is 0 Å². The van der Waals surface area contributed by atoms with Crippen LogP contribution in [0.25, 0.3) is 0 Å². The van der Waals surface area contributed by atoms with E-state index in [1.54, 1.807) is 0 Å². The molecule has 1 rings (SSSR count). The molecule has 0 amide bonds. The molecule has 3 heteroatoms. The number of aromatic amines is 1. The van der Waals surface area contributed by atoms with E-state index in [0.717, 1.165) is 18.8 Å². The fourth-order valence-electron chi connectivity index (χ4n) is 1.61. The van der Waals surface area contributed by atoms with Crippen LogP contribution in [0.15, 0.2) is 0 Å². The summed E-state index contributed by atoms with van der Waals surface area (Å²) in [5.74, 6) is 2.07. The highest BCUT2D eigenvalue weighted by atomic mass is 14.9. The van der Waals surface area contributed by atoms with Crippen LogP contribution in [0.1, 0.15) is 43.9 Å². The van der Waals surface area contributed by atoms with Crippen LogP contribution in [0.5, 0.6) is 0 Å². The average molecular weight is 195 g/mol. The van der Waals surface area contributed by atoms with E-state index in [1.807, 2.05) is 0 Å². The zero-order valence-electron chi connectivity index (χ0n) is 9.59. The number of rotatable bonds is 4. The highest BCUT2D eigenvalue weighted by molar-refractivity contribution is 5.16. The first-order chi connectivity index (χ1) is 6.54. The smallest absolute Gasteiger partial charge is 0.106 e. The minimum absolute atomic E-state index is 0.494. The second-order valence-corrected chi connectivity index (χ2v) is 4.39. The van der Waals surface area contributed by atoms with Gasteiger partial charge in [0.25, 0.3) is 0 Å². The summed E-state index contributed by atoms with van der Waals surface area (Å²) < 4.78 is 0. The van der Waals surface area contributed by atoms with E-state index in [4.69, 9.17) is 5.73 Å². The van der Waals surface area contributed by atoms with Gasteiger partial charge in [-0.05, 0) is 25.3 Å². The van der Waals surface area contributed by atoms with Gasteiger partial charge in [-0.15, -0.1) is 0 Å². The molecule has 0 aliphatic carbocycles. The van der Waals surface area contributed by atoms with Crippen LogP contribution < -0.4 is 5.73 Å². The molecule has 3 nitrogen and oxygen atoms in total. The molecule has 1 unspecified atom stereocenters. The number of nitrogens with two attached hydrogens (primary N) is 1. The number of aromatic nitrogens is 2. The van der Waals surface area contributed by atoms with Crippen LogP contribution in [0.4, 0.5) is 0 Å². The van der Waals surface area contributed by atoms with Crippen molar-refractivity contribution in [3.8, 4) is 0 Å². The molecule has 0 fully saturated rings. The van der Waals surface area contributed by atoms with Gasteiger partial charge in [-0.2, -0.15) is 0 Å². The molecule has 0 bridgehead atoms. The molecule has 1 heterocycles. The Morgan fingerprint density at radius 3 is 2.43 bits per heavy atom. The molecular weight excluding hydrogens is 174 g/mol. The number of nitrogens with one attached hydrogen (secondary N) is 1. The van der Waals surface area contributed by atoms with E-state index in [9.17, 15) is 0 Å². The predicted octanol–water partition coefficient (Wildman–Crippen LogP) is 1.98. The molecule has 3 N–H and O–H groups in total. The van der Waals surface area contributed by atoms with Crippen LogP contribution in [-0.2, 0) is 6.42 Å². The maximum atomic E-state index is 5.58. The molecule has 0 radical (unpaired) electrons. The molecule has 14 heavy (non-hydrogen) atoms. The van der Waals surface area contributed by atoms with Crippen molar-refractivity contribution < 1.29 is 0 Å². The van der Waals surface area contributed by atoms with Crippen LogP contribution in [0.2, 0.25) is 0 Å². The second kappa shape index (κ2) is 4.60. The molecule has 1 atom stereocenters. The minimum Gasteiger partial charge on any atom is -0.346 e. The van der Waals surface area contributed by atoms with Gasteiger partial charge in [-0.1, -0.05) is 20.8 Å². The molecule has 0 aliphatic heterocycles. The molecule has 0 saturated carbocycles. The van der Waals surface area contributed by atoms with Crippen molar-refractivity contribution in [2.24, 2.45) is 11.7 Å². The Morgan fingerprint density at radius 1 is 1.36 bits per heavy atom. The first kappa shape index (κ1) is 11.2. The fourth-order valence-corrected chi connectivity index (χ4v) is 1.61. The molecule has 80 valence electrons. The summed E-state index contributed by atoms with van der Waals surface area (Å²) in [5, 5.41) is 0. The summed E-state index contributed by atoms with van der Waals surface area (Å²) in [6, 6.07) is 0. The molecule has 0 aliphatic rings. The van der Waals surface area contributed by atoms with Crippen molar-refractivity contribution in [1.29, 1.82) is 0 Å². The Bertz CT molecular complexity index is 289. The topological polar surface area (TPSA) is 54.7 Å². The third-order valence-electron chi connectivity index (χ3n) is 2.46. The van der Waals surface area contributed by atoms with Gasteiger partial charge in [0.1, 0.15) is 5.82 Å². The predicted molar refractivity (Wildman–Crippen MR) is 59.3 cm³/mol. The molecule has 0 aromatic carbocycles. The van der Waals surface area contributed by atoms with E-state index in [-0.39, 0.29) is 0 Å². The van der Waals surface area contributed by atoms with Crippen molar-refractivity contribution >= 4 is 0 Å². The maximum absolute atomic E-state index is 5.58. The standard InChI is InChI=1S/C11H21N3/c1-7(2)11-9(4)13-10(14-11)5-8(3)6-12/h7-8H,5-6,12H2,1-4H3,(H,13,14). The number of H-pyrrole nitrogens is 1. The number of imidazole rings is 1. The van der Waals surface area contributed by atoms with Gasteiger partial charge >= 0.3 is 0 Å². The monoisotopic (exact) mass is 195 g/mol. The maximum Gasteiger partial charge on any atom is 0.106 e. The zero-order valence-corrected chi connectivity index (χ0v) is 9.59. The number of hydrogen-bond donors (Lipinski definition) is 2.